The minimum Gasteiger partial charge on any atom is -0.359 e. The van der Waals surface area contributed by atoms with Crippen LogP contribution < -0.4 is 4.90 Å². The highest BCUT2D eigenvalue weighted by Gasteiger charge is 2.33. The SMILES string of the molecule is Cc1cc(C2CCCN2C(=O)CN(C)c2ncnc3nc[nH]c23)on1. The molecule has 4 heterocycles. The number of nitrogens with zero attached hydrogens (tertiary/aromatic N) is 6. The first-order valence-corrected chi connectivity index (χ1v) is 8.21. The maximum Gasteiger partial charge on any atom is 0.242 e. The number of anilines is 1. The Bertz CT molecular complexity index is 903. The summed E-state index contributed by atoms with van der Waals surface area (Å²) >= 11 is 0. The van der Waals surface area contributed by atoms with Crippen LogP contribution in [0.2, 0.25) is 0 Å². The van der Waals surface area contributed by atoms with Crippen LogP contribution in [0.25, 0.3) is 11.2 Å². The van der Waals surface area contributed by atoms with Crippen LogP contribution in [-0.2, 0) is 4.79 Å². The standard InChI is InChI=1S/C16H19N7O2/c1-10-6-12(25-21-10)11-4-3-5-23(11)13(24)7-22(2)16-14-15(18-8-17-14)19-9-20-16/h6,8-9,11H,3-5,7H2,1-2H3,(H,17,18,19,20). The van der Waals surface area contributed by atoms with Crippen molar-refractivity contribution in [1.29, 1.82) is 0 Å². The number of imidazole rings is 1. The minimum absolute atomic E-state index is 0.0327. The summed E-state index contributed by atoms with van der Waals surface area (Å²) in [6.45, 7) is 2.82. The molecule has 0 bridgehead atoms. The molecule has 0 radical (unpaired) electrons. The molecule has 1 N–H and O–H groups in total. The van der Waals surface area contributed by atoms with Gasteiger partial charge < -0.3 is 19.3 Å². The van der Waals surface area contributed by atoms with Crippen LogP contribution in [0.5, 0.6) is 0 Å². The van der Waals surface area contributed by atoms with Gasteiger partial charge in [-0.3, -0.25) is 4.79 Å². The molecule has 0 saturated carbocycles. The van der Waals surface area contributed by atoms with Crippen molar-refractivity contribution in [3.05, 3.63) is 30.2 Å². The van der Waals surface area contributed by atoms with E-state index in [2.05, 4.69) is 25.1 Å². The first kappa shape index (κ1) is 15.6. The third kappa shape index (κ3) is 2.81. The summed E-state index contributed by atoms with van der Waals surface area (Å²) in [4.78, 5) is 32.1. The van der Waals surface area contributed by atoms with Gasteiger partial charge in [-0.05, 0) is 19.8 Å². The van der Waals surface area contributed by atoms with Gasteiger partial charge in [0.1, 0.15) is 11.8 Å². The molecule has 1 unspecified atom stereocenters. The summed E-state index contributed by atoms with van der Waals surface area (Å²) in [6.07, 6.45) is 4.87. The third-order valence-corrected chi connectivity index (χ3v) is 4.48. The third-order valence-electron chi connectivity index (χ3n) is 4.48. The Kier molecular flexibility index (Phi) is 3.83. The van der Waals surface area contributed by atoms with E-state index in [9.17, 15) is 4.79 Å². The van der Waals surface area contributed by atoms with Gasteiger partial charge in [0.05, 0.1) is 24.6 Å². The van der Waals surface area contributed by atoms with E-state index >= 15 is 0 Å². The molecule has 1 aliphatic heterocycles. The largest absolute Gasteiger partial charge is 0.359 e. The zero-order valence-corrected chi connectivity index (χ0v) is 14.1. The number of rotatable bonds is 4. The molecule has 4 rings (SSSR count). The summed E-state index contributed by atoms with van der Waals surface area (Å²) in [6, 6.07) is 1.86. The quantitative estimate of drug-likeness (QED) is 0.766. The number of aromatic amines is 1. The van der Waals surface area contributed by atoms with Gasteiger partial charge in [-0.15, -0.1) is 0 Å². The van der Waals surface area contributed by atoms with Crippen molar-refractivity contribution in [3.63, 3.8) is 0 Å². The molecule has 9 nitrogen and oxygen atoms in total. The highest BCUT2D eigenvalue weighted by molar-refractivity contribution is 5.87. The van der Waals surface area contributed by atoms with Gasteiger partial charge >= 0.3 is 0 Å². The second-order valence-electron chi connectivity index (χ2n) is 6.27. The van der Waals surface area contributed by atoms with Gasteiger partial charge in [-0.25, -0.2) is 15.0 Å². The van der Waals surface area contributed by atoms with Gasteiger partial charge in [-0.2, -0.15) is 0 Å². The minimum atomic E-state index is -0.0420. The van der Waals surface area contributed by atoms with E-state index in [1.165, 1.54) is 6.33 Å². The number of aryl methyl sites for hydroxylation is 1. The Morgan fingerprint density at radius 2 is 2.32 bits per heavy atom. The number of H-pyrrole nitrogens is 1. The first-order valence-electron chi connectivity index (χ1n) is 8.21. The van der Waals surface area contributed by atoms with Crippen LogP contribution in [0.15, 0.2) is 23.2 Å². The van der Waals surface area contributed by atoms with Crippen LogP contribution in [0.1, 0.15) is 30.3 Å². The Morgan fingerprint density at radius 1 is 1.44 bits per heavy atom. The van der Waals surface area contributed by atoms with Crippen LogP contribution in [0.4, 0.5) is 5.82 Å². The van der Waals surface area contributed by atoms with Crippen LogP contribution in [0.3, 0.4) is 0 Å². The van der Waals surface area contributed by atoms with E-state index in [-0.39, 0.29) is 18.5 Å². The molecule has 1 saturated heterocycles. The topological polar surface area (TPSA) is 104 Å². The molecule has 130 valence electrons. The molecule has 0 spiro atoms. The molecule has 1 atom stereocenters. The number of likely N-dealkylation sites (tertiary alicyclic amines) is 1. The maximum absolute atomic E-state index is 12.8. The van der Waals surface area contributed by atoms with Crippen LogP contribution in [0, 0.1) is 6.92 Å². The van der Waals surface area contributed by atoms with Gasteiger partial charge in [0.15, 0.2) is 17.2 Å². The molecular weight excluding hydrogens is 322 g/mol. The van der Waals surface area contributed by atoms with Gasteiger partial charge in [0, 0.05) is 19.7 Å². The Balaban J connectivity index is 1.52. The Labute approximate surface area is 144 Å². The normalized spacial score (nSPS) is 17.4. The predicted octanol–water partition coefficient (Wildman–Crippen LogP) is 1.45. The molecule has 25 heavy (non-hydrogen) atoms. The molecule has 0 aliphatic carbocycles. The zero-order valence-electron chi connectivity index (χ0n) is 14.1. The van der Waals surface area contributed by atoms with Crippen molar-refractivity contribution in [3.8, 4) is 0 Å². The molecule has 3 aromatic heterocycles. The Morgan fingerprint density at radius 3 is 3.12 bits per heavy atom. The van der Waals surface area contributed by atoms with Gasteiger partial charge in [-0.1, -0.05) is 5.16 Å². The van der Waals surface area contributed by atoms with E-state index in [0.29, 0.717) is 11.5 Å². The summed E-state index contributed by atoms with van der Waals surface area (Å²) in [7, 11) is 1.84. The van der Waals surface area contributed by atoms with Crippen LogP contribution >= 0.6 is 0 Å². The number of nitrogens with one attached hydrogen (secondary N) is 1. The van der Waals surface area contributed by atoms with Crippen molar-refractivity contribution >= 4 is 22.9 Å². The second kappa shape index (κ2) is 6.15. The Hall–Kier alpha value is -2.97. The number of hydrogen-bond acceptors (Lipinski definition) is 7. The van der Waals surface area contributed by atoms with Gasteiger partial charge in [0.25, 0.3) is 0 Å². The lowest BCUT2D eigenvalue weighted by Crippen LogP contribution is -2.39. The molecular formula is C16H19N7O2. The summed E-state index contributed by atoms with van der Waals surface area (Å²) in [5, 5.41) is 3.94. The lowest BCUT2D eigenvalue weighted by atomic mass is 10.1. The van der Waals surface area contributed by atoms with Crippen molar-refractivity contribution in [2.75, 3.05) is 25.0 Å². The number of likely N-dealkylation sites (N-methyl/N-ethyl adjacent to an activating group) is 1. The van der Waals surface area contributed by atoms with Crippen LogP contribution in [-0.4, -0.2) is 56.0 Å². The van der Waals surface area contributed by atoms with Crippen molar-refractivity contribution in [1.82, 2.24) is 30.0 Å². The van der Waals surface area contributed by atoms with E-state index < -0.39 is 0 Å². The average molecular weight is 341 g/mol. The fraction of sp³-hybridized carbons (Fsp3) is 0.438. The monoisotopic (exact) mass is 341 g/mol. The number of carbonyl (C=O) groups excluding carboxylic acids is 1. The number of fused-ring (bicyclic) bond motifs is 1. The molecule has 0 aromatic carbocycles. The summed E-state index contributed by atoms with van der Waals surface area (Å²) in [5.41, 5.74) is 2.14. The van der Waals surface area contributed by atoms with Crippen molar-refractivity contribution < 1.29 is 9.32 Å². The van der Waals surface area contributed by atoms with Crippen molar-refractivity contribution in [2.24, 2.45) is 0 Å². The maximum atomic E-state index is 12.8. The van der Waals surface area contributed by atoms with E-state index in [4.69, 9.17) is 4.52 Å². The second-order valence-corrected chi connectivity index (χ2v) is 6.27. The number of aromatic nitrogens is 5. The lowest BCUT2D eigenvalue weighted by Gasteiger charge is -2.26. The molecule has 1 fully saturated rings. The average Bonchev–Trinajstić information content (AvgIpc) is 3.33. The van der Waals surface area contributed by atoms with E-state index in [0.717, 1.165) is 36.4 Å². The number of hydrogen-bond donors (Lipinski definition) is 1. The smallest absolute Gasteiger partial charge is 0.242 e. The highest BCUT2D eigenvalue weighted by atomic mass is 16.5. The molecule has 9 heteroatoms. The fourth-order valence-electron chi connectivity index (χ4n) is 3.31. The highest BCUT2D eigenvalue weighted by Crippen LogP contribution is 2.32. The predicted molar refractivity (Wildman–Crippen MR) is 89.9 cm³/mol. The lowest BCUT2D eigenvalue weighted by molar-refractivity contribution is -0.130. The van der Waals surface area contributed by atoms with Gasteiger partial charge in [0.2, 0.25) is 5.91 Å². The van der Waals surface area contributed by atoms with Crippen molar-refractivity contribution in [2.45, 2.75) is 25.8 Å². The molecule has 1 amide bonds. The van der Waals surface area contributed by atoms with E-state index in [1.807, 2.05) is 29.8 Å². The summed E-state index contributed by atoms with van der Waals surface area (Å²) < 4.78 is 5.37. The number of amides is 1. The van der Waals surface area contributed by atoms with E-state index in [1.54, 1.807) is 6.33 Å². The first-order chi connectivity index (χ1) is 12.1. The molecule has 3 aromatic rings. The number of carbonyl (C=O) groups is 1. The molecule has 1 aliphatic rings. The zero-order chi connectivity index (χ0) is 17.4. The summed E-state index contributed by atoms with van der Waals surface area (Å²) in [5.74, 6) is 1.44. The fourth-order valence-corrected chi connectivity index (χ4v) is 3.31.